The summed E-state index contributed by atoms with van der Waals surface area (Å²) < 4.78 is 125. The van der Waals surface area contributed by atoms with Crippen LogP contribution in [0.1, 0.15) is 34.6 Å². The van der Waals surface area contributed by atoms with E-state index in [1.165, 1.54) is 0 Å². The summed E-state index contributed by atoms with van der Waals surface area (Å²) in [6, 6.07) is 0. The average Bonchev–Trinajstić information content (AvgIpc) is 3.47. The standard InChI is InChI=1S/C40H82O21.C15H32O6/c41-1-3-43-5-7-45-9-11-47-13-15-49-17-19-51-21-23-53-25-27-55-29-31-57-33-35-59-37-39-61-40-38-60-36-34-58-32-30-56-28-26-54-24-22-52-20-18-50-16-14-48-12-10-46-8-6-44-4-2-42;1-11(17)7-18-13(3)9-20-15(5)10-21-14(4)8-19-12(2)6-16/h41-42H,1-40H2;11-17H,6-10H2,1-5H3. The average molecular weight is 1210 g/mol. The molecule has 0 heterocycles. The molecule has 0 saturated heterocycles. The number of hydrogen-bond donors (Lipinski definition) is 4. The van der Waals surface area contributed by atoms with Crippen LogP contribution in [0.25, 0.3) is 0 Å². The molecule has 0 amide bonds. The summed E-state index contributed by atoms with van der Waals surface area (Å²) >= 11 is 0. The highest BCUT2D eigenvalue weighted by molar-refractivity contribution is 4.57. The van der Waals surface area contributed by atoms with E-state index < -0.39 is 6.10 Å². The van der Waals surface area contributed by atoms with Gasteiger partial charge in [0.15, 0.2) is 0 Å². The molecule has 0 spiro atoms. The second-order valence-electron chi connectivity index (χ2n) is 17.7. The largest absolute Gasteiger partial charge is 0.394 e. The van der Waals surface area contributed by atoms with Crippen LogP contribution >= 0.6 is 0 Å². The Labute approximate surface area is 490 Å². The van der Waals surface area contributed by atoms with Crippen LogP contribution in [0.15, 0.2) is 0 Å². The monoisotopic (exact) mass is 1210 g/mol. The molecule has 0 aromatic heterocycles. The van der Waals surface area contributed by atoms with Crippen LogP contribution in [-0.2, 0) is 109 Å². The minimum atomic E-state index is -0.463. The molecule has 0 rings (SSSR count). The normalized spacial score (nSPS) is 13.6. The van der Waals surface area contributed by atoms with Crippen molar-refractivity contribution in [2.45, 2.75) is 65.1 Å². The van der Waals surface area contributed by atoms with Crippen LogP contribution < -0.4 is 0 Å². The Hall–Kier alpha value is -1.08. The molecule has 5 unspecified atom stereocenters. The third-order valence-electron chi connectivity index (χ3n) is 9.89. The molecule has 4 N–H and O–H groups in total. The van der Waals surface area contributed by atoms with Gasteiger partial charge in [0.25, 0.3) is 0 Å². The van der Waals surface area contributed by atoms with Crippen molar-refractivity contribution in [2.24, 2.45) is 0 Å². The maximum Gasteiger partial charge on any atom is 0.0781 e. The minimum Gasteiger partial charge on any atom is -0.394 e. The Balaban J connectivity index is 0. The molecule has 0 aromatic rings. The zero-order valence-electron chi connectivity index (χ0n) is 50.9. The number of hydrogen-bond acceptors (Lipinski definition) is 27. The lowest BCUT2D eigenvalue weighted by atomic mass is 10.3. The summed E-state index contributed by atoms with van der Waals surface area (Å²) in [7, 11) is 0. The predicted molar refractivity (Wildman–Crippen MR) is 300 cm³/mol. The molecular weight excluding hydrogens is 1090 g/mol. The summed E-state index contributed by atoms with van der Waals surface area (Å²) in [6.07, 6.45) is -0.783. The Kier molecular flexibility index (Phi) is 75.1. The van der Waals surface area contributed by atoms with Crippen molar-refractivity contribution in [1.82, 2.24) is 0 Å². The molecule has 0 aliphatic heterocycles. The topological polar surface area (TPSA) is 293 Å². The van der Waals surface area contributed by atoms with Crippen molar-refractivity contribution in [1.29, 1.82) is 0 Å². The molecule has 0 aliphatic rings. The smallest absolute Gasteiger partial charge is 0.0781 e. The van der Waals surface area contributed by atoms with Gasteiger partial charge in [-0.05, 0) is 34.6 Å². The van der Waals surface area contributed by atoms with Crippen molar-refractivity contribution in [2.75, 3.05) is 297 Å². The lowest BCUT2D eigenvalue weighted by molar-refractivity contribution is -0.0936. The van der Waals surface area contributed by atoms with E-state index in [0.29, 0.717) is 277 Å². The summed E-state index contributed by atoms with van der Waals surface area (Å²) in [6.45, 7) is 29.3. The molecule has 0 fully saturated rings. The van der Waals surface area contributed by atoms with Gasteiger partial charge in [-0.15, -0.1) is 0 Å². The van der Waals surface area contributed by atoms with Crippen LogP contribution in [0.5, 0.6) is 0 Å². The van der Waals surface area contributed by atoms with E-state index in [1.807, 2.05) is 27.7 Å². The number of ether oxygens (including phenoxy) is 23. The fourth-order valence-electron chi connectivity index (χ4n) is 5.59. The molecule has 0 saturated carbocycles. The first-order valence-electron chi connectivity index (χ1n) is 29.2. The Bertz CT molecular complexity index is 1070. The molecule has 27 nitrogen and oxygen atoms in total. The Morgan fingerprint density at radius 2 is 0.329 bits per heavy atom. The molecule has 27 heteroatoms. The zero-order chi connectivity index (χ0) is 60.0. The van der Waals surface area contributed by atoms with Gasteiger partial charge in [0.05, 0.1) is 328 Å². The molecule has 0 aromatic carbocycles. The van der Waals surface area contributed by atoms with Crippen molar-refractivity contribution in [3.05, 3.63) is 0 Å². The molecule has 0 bridgehead atoms. The Morgan fingerprint density at radius 1 is 0.195 bits per heavy atom. The van der Waals surface area contributed by atoms with Gasteiger partial charge in [0, 0.05) is 0 Å². The van der Waals surface area contributed by atoms with E-state index in [0.717, 1.165) is 0 Å². The van der Waals surface area contributed by atoms with Gasteiger partial charge < -0.3 is 129 Å². The molecular formula is C55H114O27. The van der Waals surface area contributed by atoms with Gasteiger partial charge in [0.1, 0.15) is 0 Å². The lowest BCUT2D eigenvalue weighted by Crippen LogP contribution is -2.28. The van der Waals surface area contributed by atoms with Crippen molar-refractivity contribution >= 4 is 0 Å². The number of aliphatic hydroxyl groups is 4. The molecule has 0 radical (unpaired) electrons. The van der Waals surface area contributed by atoms with Crippen LogP contribution in [0.4, 0.5) is 0 Å². The van der Waals surface area contributed by atoms with Crippen LogP contribution in [0.2, 0.25) is 0 Å². The van der Waals surface area contributed by atoms with Crippen molar-refractivity contribution < 1.29 is 129 Å². The van der Waals surface area contributed by atoms with Gasteiger partial charge >= 0.3 is 0 Å². The van der Waals surface area contributed by atoms with Crippen LogP contribution in [0.3, 0.4) is 0 Å². The maximum atomic E-state index is 9.12. The van der Waals surface area contributed by atoms with E-state index in [4.69, 9.17) is 129 Å². The highest BCUT2D eigenvalue weighted by Gasteiger charge is 2.12. The predicted octanol–water partition coefficient (Wildman–Crippen LogP) is 0.266. The van der Waals surface area contributed by atoms with Gasteiger partial charge in [-0.3, -0.25) is 0 Å². The van der Waals surface area contributed by atoms with E-state index in [1.54, 1.807) is 6.92 Å². The van der Waals surface area contributed by atoms with Crippen molar-refractivity contribution in [3.63, 3.8) is 0 Å². The van der Waals surface area contributed by atoms with Gasteiger partial charge in [-0.25, -0.2) is 0 Å². The zero-order valence-corrected chi connectivity index (χ0v) is 50.9. The summed E-state index contributed by atoms with van der Waals surface area (Å²) in [5.74, 6) is 0. The summed E-state index contributed by atoms with van der Waals surface area (Å²) in [5, 5.41) is 35.2. The van der Waals surface area contributed by atoms with E-state index >= 15 is 0 Å². The van der Waals surface area contributed by atoms with Gasteiger partial charge in [-0.1, -0.05) is 0 Å². The van der Waals surface area contributed by atoms with Crippen molar-refractivity contribution in [3.8, 4) is 0 Å². The van der Waals surface area contributed by atoms with E-state index in [9.17, 15) is 0 Å². The van der Waals surface area contributed by atoms with Crippen LogP contribution in [0, 0.1) is 0 Å². The number of rotatable bonds is 71. The fourth-order valence-corrected chi connectivity index (χ4v) is 5.59. The molecule has 496 valence electrons. The molecule has 82 heavy (non-hydrogen) atoms. The van der Waals surface area contributed by atoms with Gasteiger partial charge in [-0.2, -0.15) is 0 Å². The fraction of sp³-hybridized carbons (Fsp3) is 1.00. The van der Waals surface area contributed by atoms with E-state index in [2.05, 4.69) is 0 Å². The molecule has 0 aliphatic carbocycles. The number of aliphatic hydroxyl groups excluding tert-OH is 4. The highest BCUT2D eigenvalue weighted by Crippen LogP contribution is 2.03. The quantitative estimate of drug-likeness (QED) is 0.0594. The second kappa shape index (κ2) is 74.2. The summed E-state index contributed by atoms with van der Waals surface area (Å²) in [4.78, 5) is 0. The first kappa shape index (κ1) is 83.0. The highest BCUT2D eigenvalue weighted by atomic mass is 16.6. The SMILES string of the molecule is CC(O)COC(C)COC(C)COC(C)COC(C)CO.OCCOCCOCCOCCOCCOCCOCCOCCOCCOCCOCCOCCOCCOCCOCCOCCOCCOCCOCCOCCO. The van der Waals surface area contributed by atoms with Gasteiger partial charge in [0.2, 0.25) is 0 Å². The third kappa shape index (κ3) is 76.9. The first-order chi connectivity index (χ1) is 40.3. The minimum absolute atomic E-state index is 0.0105. The van der Waals surface area contributed by atoms with E-state index in [-0.39, 0.29) is 44.2 Å². The second-order valence-corrected chi connectivity index (χ2v) is 17.7. The third-order valence-corrected chi connectivity index (χ3v) is 9.89. The first-order valence-corrected chi connectivity index (χ1v) is 29.2. The summed E-state index contributed by atoms with van der Waals surface area (Å²) in [5.41, 5.74) is 0. The lowest BCUT2D eigenvalue weighted by Gasteiger charge is -2.21. The maximum absolute atomic E-state index is 9.12. The molecule has 5 atom stereocenters. The van der Waals surface area contributed by atoms with Crippen LogP contribution in [-0.4, -0.2) is 348 Å². The Morgan fingerprint density at radius 3 is 0.463 bits per heavy atom.